The predicted molar refractivity (Wildman–Crippen MR) is 93.4 cm³/mol. The van der Waals surface area contributed by atoms with Crippen LogP contribution in [-0.4, -0.2) is 13.2 Å². The Labute approximate surface area is 140 Å². The normalized spacial score (nSPS) is 10.8. The largest absolute Gasteiger partial charge is 0.493 e. The van der Waals surface area contributed by atoms with Gasteiger partial charge in [-0.3, -0.25) is 0 Å². The van der Waals surface area contributed by atoms with E-state index in [0.717, 1.165) is 34.6 Å². The summed E-state index contributed by atoms with van der Waals surface area (Å²) in [5.41, 5.74) is 2.41. The Balaban J connectivity index is 2.04. The molecule has 2 aromatic rings. The van der Waals surface area contributed by atoms with E-state index in [0.29, 0.717) is 0 Å². The van der Waals surface area contributed by atoms with Crippen molar-refractivity contribution in [2.45, 2.75) is 33.0 Å². The SMILES string of the molecule is COc1cc(CNCc2ccccc2)c(Br)cc1OC(C)C. The van der Waals surface area contributed by atoms with Crippen LogP contribution in [0.1, 0.15) is 25.0 Å². The number of hydrogen-bond acceptors (Lipinski definition) is 3. The van der Waals surface area contributed by atoms with Crippen LogP contribution >= 0.6 is 15.9 Å². The van der Waals surface area contributed by atoms with Crippen molar-refractivity contribution in [3.05, 3.63) is 58.1 Å². The molecule has 0 aliphatic carbocycles. The van der Waals surface area contributed by atoms with Crippen molar-refractivity contribution in [3.63, 3.8) is 0 Å². The predicted octanol–water partition coefficient (Wildman–Crippen LogP) is 4.53. The van der Waals surface area contributed by atoms with E-state index in [-0.39, 0.29) is 6.10 Å². The van der Waals surface area contributed by atoms with Gasteiger partial charge in [-0.25, -0.2) is 0 Å². The summed E-state index contributed by atoms with van der Waals surface area (Å²) in [6.45, 7) is 5.60. The quantitative estimate of drug-likeness (QED) is 0.783. The molecular formula is C18H22BrNO2. The number of ether oxygens (including phenoxy) is 2. The molecule has 0 radical (unpaired) electrons. The maximum atomic E-state index is 5.77. The lowest BCUT2D eigenvalue weighted by Crippen LogP contribution is -2.13. The summed E-state index contributed by atoms with van der Waals surface area (Å²) < 4.78 is 12.2. The van der Waals surface area contributed by atoms with Gasteiger partial charge >= 0.3 is 0 Å². The molecule has 2 rings (SSSR count). The Morgan fingerprint density at radius 1 is 1.05 bits per heavy atom. The van der Waals surface area contributed by atoms with Crippen LogP contribution in [0.5, 0.6) is 11.5 Å². The van der Waals surface area contributed by atoms with E-state index in [4.69, 9.17) is 9.47 Å². The molecule has 0 spiro atoms. The average molecular weight is 364 g/mol. The van der Waals surface area contributed by atoms with E-state index in [1.165, 1.54) is 5.56 Å². The maximum Gasteiger partial charge on any atom is 0.162 e. The van der Waals surface area contributed by atoms with E-state index in [1.54, 1.807) is 7.11 Å². The smallest absolute Gasteiger partial charge is 0.162 e. The van der Waals surface area contributed by atoms with Crippen LogP contribution < -0.4 is 14.8 Å². The Kier molecular flexibility index (Phi) is 6.28. The first-order chi connectivity index (χ1) is 10.6. The molecule has 0 fully saturated rings. The van der Waals surface area contributed by atoms with Crippen LogP contribution in [0.3, 0.4) is 0 Å². The van der Waals surface area contributed by atoms with Gasteiger partial charge in [0.2, 0.25) is 0 Å². The topological polar surface area (TPSA) is 30.5 Å². The summed E-state index contributed by atoms with van der Waals surface area (Å²) in [4.78, 5) is 0. The van der Waals surface area contributed by atoms with Gasteiger partial charge < -0.3 is 14.8 Å². The fourth-order valence-corrected chi connectivity index (χ4v) is 2.62. The minimum absolute atomic E-state index is 0.114. The highest BCUT2D eigenvalue weighted by Crippen LogP contribution is 2.34. The zero-order valence-corrected chi connectivity index (χ0v) is 14.8. The molecule has 0 heterocycles. The third-order valence-electron chi connectivity index (χ3n) is 3.18. The van der Waals surface area contributed by atoms with Crippen molar-refractivity contribution in [3.8, 4) is 11.5 Å². The summed E-state index contributed by atoms with van der Waals surface area (Å²) in [5.74, 6) is 1.52. The zero-order valence-electron chi connectivity index (χ0n) is 13.2. The molecule has 0 aliphatic rings. The molecule has 0 aromatic heterocycles. The molecular weight excluding hydrogens is 342 g/mol. The number of rotatable bonds is 7. The van der Waals surface area contributed by atoms with Crippen molar-refractivity contribution in [1.82, 2.24) is 5.32 Å². The van der Waals surface area contributed by atoms with Crippen LogP contribution in [0.15, 0.2) is 46.9 Å². The van der Waals surface area contributed by atoms with Gasteiger partial charge in [0, 0.05) is 17.6 Å². The molecule has 118 valence electrons. The number of halogens is 1. The molecule has 0 saturated carbocycles. The van der Waals surface area contributed by atoms with Crippen molar-refractivity contribution in [1.29, 1.82) is 0 Å². The van der Waals surface area contributed by atoms with Crippen molar-refractivity contribution < 1.29 is 9.47 Å². The van der Waals surface area contributed by atoms with Crippen LogP contribution in [0.2, 0.25) is 0 Å². The average Bonchev–Trinajstić information content (AvgIpc) is 2.50. The fourth-order valence-electron chi connectivity index (χ4n) is 2.16. The minimum atomic E-state index is 0.114. The first kappa shape index (κ1) is 16.8. The first-order valence-corrected chi connectivity index (χ1v) is 8.17. The summed E-state index contributed by atoms with van der Waals surface area (Å²) >= 11 is 3.61. The molecule has 0 saturated heterocycles. The van der Waals surface area contributed by atoms with Crippen LogP contribution in [-0.2, 0) is 13.1 Å². The second kappa shape index (κ2) is 8.20. The standard InChI is InChI=1S/C18H22BrNO2/c1-13(2)22-18-10-16(19)15(9-17(18)21-3)12-20-11-14-7-5-4-6-8-14/h4-10,13,20H,11-12H2,1-3H3. The van der Waals surface area contributed by atoms with Gasteiger partial charge in [-0.1, -0.05) is 46.3 Å². The highest BCUT2D eigenvalue weighted by molar-refractivity contribution is 9.10. The first-order valence-electron chi connectivity index (χ1n) is 7.38. The number of nitrogens with one attached hydrogen (secondary N) is 1. The monoisotopic (exact) mass is 363 g/mol. The van der Waals surface area contributed by atoms with Gasteiger partial charge in [0.05, 0.1) is 13.2 Å². The molecule has 2 aromatic carbocycles. The van der Waals surface area contributed by atoms with E-state index < -0.39 is 0 Å². The van der Waals surface area contributed by atoms with E-state index >= 15 is 0 Å². The Morgan fingerprint density at radius 2 is 1.77 bits per heavy atom. The van der Waals surface area contributed by atoms with Gasteiger partial charge in [-0.05, 0) is 37.1 Å². The lowest BCUT2D eigenvalue weighted by atomic mass is 10.2. The van der Waals surface area contributed by atoms with Gasteiger partial charge in [0.25, 0.3) is 0 Å². The Hall–Kier alpha value is -1.52. The molecule has 0 atom stereocenters. The van der Waals surface area contributed by atoms with E-state index in [1.807, 2.05) is 44.2 Å². The minimum Gasteiger partial charge on any atom is -0.493 e. The van der Waals surface area contributed by atoms with Crippen LogP contribution in [0.25, 0.3) is 0 Å². The summed E-state index contributed by atoms with van der Waals surface area (Å²) in [6, 6.07) is 14.3. The summed E-state index contributed by atoms with van der Waals surface area (Å²) in [7, 11) is 1.66. The van der Waals surface area contributed by atoms with Crippen molar-refractivity contribution >= 4 is 15.9 Å². The van der Waals surface area contributed by atoms with Gasteiger partial charge in [-0.15, -0.1) is 0 Å². The van der Waals surface area contributed by atoms with Crippen molar-refractivity contribution in [2.24, 2.45) is 0 Å². The third kappa shape index (κ3) is 4.75. The molecule has 0 aliphatic heterocycles. The number of hydrogen-bond donors (Lipinski definition) is 1. The summed E-state index contributed by atoms with van der Waals surface area (Å²) in [5, 5.41) is 3.44. The second-order valence-corrected chi connectivity index (χ2v) is 6.20. The van der Waals surface area contributed by atoms with E-state index in [9.17, 15) is 0 Å². The molecule has 0 bridgehead atoms. The Morgan fingerprint density at radius 3 is 2.41 bits per heavy atom. The fraction of sp³-hybridized carbons (Fsp3) is 0.333. The molecule has 1 N–H and O–H groups in total. The van der Waals surface area contributed by atoms with Gasteiger partial charge in [-0.2, -0.15) is 0 Å². The van der Waals surface area contributed by atoms with Crippen LogP contribution in [0.4, 0.5) is 0 Å². The van der Waals surface area contributed by atoms with E-state index in [2.05, 4.69) is 33.4 Å². The third-order valence-corrected chi connectivity index (χ3v) is 3.92. The maximum absolute atomic E-state index is 5.77. The zero-order chi connectivity index (χ0) is 15.9. The van der Waals surface area contributed by atoms with Crippen molar-refractivity contribution in [2.75, 3.05) is 7.11 Å². The molecule has 0 unspecified atom stereocenters. The lowest BCUT2D eigenvalue weighted by Gasteiger charge is -2.16. The summed E-state index contributed by atoms with van der Waals surface area (Å²) in [6.07, 6.45) is 0.114. The molecule has 22 heavy (non-hydrogen) atoms. The number of methoxy groups -OCH3 is 1. The number of benzene rings is 2. The Bertz CT molecular complexity index is 600. The molecule has 4 heteroatoms. The highest BCUT2D eigenvalue weighted by Gasteiger charge is 2.11. The van der Waals surface area contributed by atoms with Gasteiger partial charge in [0.15, 0.2) is 11.5 Å². The van der Waals surface area contributed by atoms with Crippen LogP contribution in [0, 0.1) is 0 Å². The molecule has 3 nitrogen and oxygen atoms in total. The second-order valence-electron chi connectivity index (χ2n) is 5.35. The lowest BCUT2D eigenvalue weighted by molar-refractivity contribution is 0.230. The molecule has 0 amide bonds. The van der Waals surface area contributed by atoms with Gasteiger partial charge in [0.1, 0.15) is 0 Å². The highest BCUT2D eigenvalue weighted by atomic mass is 79.9.